The average molecular weight is 438 g/mol. The van der Waals surface area contributed by atoms with Crippen LogP contribution in [0.1, 0.15) is 16.7 Å². The first-order chi connectivity index (χ1) is 14.7. The summed E-state index contributed by atoms with van der Waals surface area (Å²) in [6, 6.07) is 10.3. The third-order valence-corrected chi connectivity index (χ3v) is 6.11. The molecule has 3 aromatic rings. The number of aromatic nitrogens is 2. The number of hydrogen-bond donors (Lipinski definition) is 0. The van der Waals surface area contributed by atoms with E-state index in [2.05, 4.69) is 0 Å². The number of nitro groups is 1. The summed E-state index contributed by atoms with van der Waals surface area (Å²) in [5, 5.41) is 11.2. The van der Waals surface area contributed by atoms with Crippen molar-refractivity contribution in [2.45, 2.75) is 13.5 Å². The maximum Gasteiger partial charge on any atom is 0.328 e. The first-order valence-corrected chi connectivity index (χ1v) is 10.1. The van der Waals surface area contributed by atoms with E-state index < -0.39 is 16.1 Å². The van der Waals surface area contributed by atoms with Crippen LogP contribution >= 0.6 is 11.8 Å². The number of nitro benzene ring substituents is 1. The van der Waals surface area contributed by atoms with Crippen molar-refractivity contribution < 1.29 is 14.5 Å². The highest BCUT2D eigenvalue weighted by atomic mass is 32.2. The van der Waals surface area contributed by atoms with E-state index in [1.54, 1.807) is 7.05 Å². The number of amides is 2. The van der Waals surface area contributed by atoms with Crippen LogP contribution in [0.5, 0.6) is 0 Å². The van der Waals surface area contributed by atoms with Crippen molar-refractivity contribution in [3.8, 4) is 0 Å². The van der Waals surface area contributed by atoms with Gasteiger partial charge in [-0.05, 0) is 36.4 Å². The zero-order valence-electron chi connectivity index (χ0n) is 17.0. The number of carbonyl (C=O) groups is 2. The Kier molecular flexibility index (Phi) is 5.02. The summed E-state index contributed by atoms with van der Waals surface area (Å²) < 4.78 is 2.70. The molecule has 2 heterocycles. The molecule has 0 aliphatic carbocycles. The Morgan fingerprint density at radius 2 is 1.74 bits per heavy atom. The van der Waals surface area contributed by atoms with Crippen LogP contribution in [0.4, 0.5) is 10.5 Å². The lowest BCUT2D eigenvalue weighted by Crippen LogP contribution is -2.27. The van der Waals surface area contributed by atoms with Crippen LogP contribution in [0.25, 0.3) is 17.1 Å². The summed E-state index contributed by atoms with van der Waals surface area (Å²) in [5.41, 5.74) is 2.30. The molecule has 0 atom stereocenters. The molecule has 1 aliphatic heterocycles. The number of aryl methyl sites for hydroxylation is 3. The van der Waals surface area contributed by atoms with Gasteiger partial charge >= 0.3 is 5.69 Å². The number of imide groups is 1. The zero-order valence-corrected chi connectivity index (χ0v) is 17.8. The molecule has 2 aromatic carbocycles. The third kappa shape index (κ3) is 3.55. The molecule has 0 radical (unpaired) electrons. The summed E-state index contributed by atoms with van der Waals surface area (Å²) in [4.78, 5) is 49.8. The summed E-state index contributed by atoms with van der Waals surface area (Å²) in [6.45, 7) is 2.04. The minimum absolute atomic E-state index is 0.0982. The van der Waals surface area contributed by atoms with Crippen molar-refractivity contribution >= 4 is 45.7 Å². The molecule has 31 heavy (non-hydrogen) atoms. The fraction of sp³-hybridized carbons (Fsp3) is 0.190. The average Bonchev–Trinajstić information content (AvgIpc) is 3.10. The number of carbonyl (C=O) groups excluding carboxylic acids is 2. The molecule has 0 spiro atoms. The lowest BCUT2D eigenvalue weighted by molar-refractivity contribution is -0.385. The van der Waals surface area contributed by atoms with Crippen LogP contribution in [0.15, 0.2) is 46.1 Å². The molecule has 2 amide bonds. The van der Waals surface area contributed by atoms with E-state index in [0.29, 0.717) is 11.0 Å². The molecule has 0 N–H and O–H groups in total. The molecule has 0 bridgehead atoms. The zero-order chi connectivity index (χ0) is 22.4. The van der Waals surface area contributed by atoms with Crippen molar-refractivity contribution in [2.24, 2.45) is 14.1 Å². The number of fused-ring (bicyclic) bond motifs is 1. The van der Waals surface area contributed by atoms with Crippen LogP contribution in [0.2, 0.25) is 0 Å². The minimum atomic E-state index is -0.570. The predicted octanol–water partition coefficient (Wildman–Crippen LogP) is 3.33. The van der Waals surface area contributed by atoms with E-state index in [1.807, 2.05) is 31.2 Å². The third-order valence-electron chi connectivity index (χ3n) is 5.20. The van der Waals surface area contributed by atoms with E-state index in [-0.39, 0.29) is 28.4 Å². The van der Waals surface area contributed by atoms with E-state index in [9.17, 15) is 24.5 Å². The number of thioether (sulfide) groups is 1. The van der Waals surface area contributed by atoms with E-state index in [0.717, 1.165) is 27.8 Å². The largest absolute Gasteiger partial charge is 0.328 e. The lowest BCUT2D eigenvalue weighted by Gasteiger charge is -2.12. The molecule has 1 fully saturated rings. The smallest absolute Gasteiger partial charge is 0.295 e. The minimum Gasteiger partial charge on any atom is -0.295 e. The van der Waals surface area contributed by atoms with Crippen molar-refractivity contribution in [3.63, 3.8) is 0 Å². The fourth-order valence-electron chi connectivity index (χ4n) is 3.59. The van der Waals surface area contributed by atoms with E-state index in [1.165, 1.54) is 34.4 Å². The Bertz CT molecular complexity index is 1370. The first-order valence-electron chi connectivity index (χ1n) is 9.32. The second-order valence-electron chi connectivity index (χ2n) is 7.31. The molecule has 9 nitrogen and oxygen atoms in total. The van der Waals surface area contributed by atoms with Crippen LogP contribution in [-0.2, 0) is 25.4 Å². The second-order valence-corrected chi connectivity index (χ2v) is 8.31. The number of imidazole rings is 1. The fourth-order valence-corrected chi connectivity index (χ4v) is 4.42. The molecule has 0 unspecified atom stereocenters. The molecular weight excluding hydrogens is 420 g/mol. The predicted molar refractivity (Wildman–Crippen MR) is 118 cm³/mol. The van der Waals surface area contributed by atoms with Gasteiger partial charge in [0.15, 0.2) is 0 Å². The van der Waals surface area contributed by atoms with Gasteiger partial charge in [-0.3, -0.25) is 33.7 Å². The SMILES string of the molecule is Cc1cccc(CN2C(=O)S/C(=C\c3cc4c(cc3[N+](=O)[O-])n(C)c(=O)n4C)C2=O)c1. The summed E-state index contributed by atoms with van der Waals surface area (Å²) >= 11 is 0.741. The Labute approximate surface area is 180 Å². The van der Waals surface area contributed by atoms with Crippen molar-refractivity contribution in [1.29, 1.82) is 0 Å². The molecule has 158 valence electrons. The molecule has 1 aliphatic rings. The highest BCUT2D eigenvalue weighted by Crippen LogP contribution is 2.36. The Morgan fingerprint density at radius 1 is 1.06 bits per heavy atom. The summed E-state index contributed by atoms with van der Waals surface area (Å²) in [5.74, 6) is -0.507. The van der Waals surface area contributed by atoms with Gasteiger partial charge < -0.3 is 0 Å². The molecule has 4 rings (SSSR count). The van der Waals surface area contributed by atoms with Gasteiger partial charge in [0.05, 0.1) is 33.0 Å². The van der Waals surface area contributed by atoms with Gasteiger partial charge in [0, 0.05) is 20.2 Å². The summed E-state index contributed by atoms with van der Waals surface area (Å²) in [6.07, 6.45) is 1.34. The lowest BCUT2D eigenvalue weighted by atomic mass is 10.1. The normalized spacial score (nSPS) is 15.5. The maximum atomic E-state index is 12.9. The van der Waals surface area contributed by atoms with Crippen molar-refractivity contribution in [2.75, 3.05) is 0 Å². The standard InChI is InChI=1S/C21H18N4O5S/c1-12-5-4-6-13(7-12)11-24-19(26)18(31-21(24)28)9-14-8-16-17(10-15(14)25(29)30)23(3)20(27)22(16)2/h4-10H,11H2,1-3H3/b18-9-. The van der Waals surface area contributed by atoms with Gasteiger partial charge in [-0.2, -0.15) is 0 Å². The molecule has 0 saturated carbocycles. The Hall–Kier alpha value is -3.66. The Morgan fingerprint density at radius 3 is 2.39 bits per heavy atom. The van der Waals surface area contributed by atoms with Gasteiger partial charge in [-0.1, -0.05) is 29.8 Å². The Balaban J connectivity index is 1.76. The molecule has 1 saturated heterocycles. The van der Waals surface area contributed by atoms with E-state index in [4.69, 9.17) is 0 Å². The van der Waals surface area contributed by atoms with E-state index >= 15 is 0 Å². The number of hydrogen-bond acceptors (Lipinski definition) is 6. The second kappa shape index (κ2) is 7.55. The maximum absolute atomic E-state index is 12.9. The molecule has 10 heteroatoms. The number of nitrogens with zero attached hydrogens (tertiary/aromatic N) is 4. The molecular formula is C21H18N4O5S. The number of benzene rings is 2. The molecule has 1 aromatic heterocycles. The first kappa shape index (κ1) is 20.6. The summed E-state index contributed by atoms with van der Waals surface area (Å²) in [7, 11) is 3.10. The monoisotopic (exact) mass is 438 g/mol. The topological polar surface area (TPSA) is 107 Å². The van der Waals surface area contributed by atoms with Crippen LogP contribution in [0.3, 0.4) is 0 Å². The number of rotatable bonds is 4. The quantitative estimate of drug-likeness (QED) is 0.351. The highest BCUT2D eigenvalue weighted by molar-refractivity contribution is 8.18. The van der Waals surface area contributed by atoms with Crippen LogP contribution in [0, 0.1) is 17.0 Å². The van der Waals surface area contributed by atoms with Crippen molar-refractivity contribution in [1.82, 2.24) is 14.0 Å². The van der Waals surface area contributed by atoms with Gasteiger partial charge in [0.1, 0.15) is 0 Å². The van der Waals surface area contributed by atoms with Gasteiger partial charge in [0.2, 0.25) is 0 Å². The van der Waals surface area contributed by atoms with Crippen LogP contribution < -0.4 is 5.69 Å². The van der Waals surface area contributed by atoms with Gasteiger partial charge in [-0.25, -0.2) is 4.79 Å². The van der Waals surface area contributed by atoms with Crippen LogP contribution in [-0.4, -0.2) is 30.1 Å². The highest BCUT2D eigenvalue weighted by Gasteiger charge is 2.35. The van der Waals surface area contributed by atoms with Gasteiger partial charge in [-0.15, -0.1) is 0 Å². The van der Waals surface area contributed by atoms with Gasteiger partial charge in [0.25, 0.3) is 16.8 Å². The van der Waals surface area contributed by atoms with Crippen molar-refractivity contribution in [3.05, 3.63) is 78.6 Å².